The van der Waals surface area contributed by atoms with Crippen molar-refractivity contribution in [3.63, 3.8) is 0 Å². The third-order valence-electron chi connectivity index (χ3n) is 0.733. The molecule has 1 rings (SSSR count). The average Bonchev–Trinajstić information content (AvgIpc) is 1.87. The Morgan fingerprint density at radius 2 is 1.67 bits per heavy atom. The molecule has 68 valence electrons. The number of carboxylic acids is 1. The van der Waals surface area contributed by atoms with Crippen molar-refractivity contribution in [3.05, 3.63) is 35.4 Å². The molecular weight excluding hydrogens is 199 g/mol. The highest BCUT2D eigenvalue weighted by Gasteiger charge is 1.74. The van der Waals surface area contributed by atoms with Gasteiger partial charge in [0.2, 0.25) is 0 Å². The standard InChI is InChI=1S/C6H5Cl.C2H4O2.ClH/c7-6-4-2-1-3-5-6;1-2(3)4;/h1-5H;1H3,(H,3,4);1H. The van der Waals surface area contributed by atoms with Crippen molar-refractivity contribution >= 4 is 30.0 Å². The lowest BCUT2D eigenvalue weighted by molar-refractivity contribution is -0.134. The minimum atomic E-state index is -0.833. The van der Waals surface area contributed by atoms with Gasteiger partial charge < -0.3 is 5.11 Å². The van der Waals surface area contributed by atoms with E-state index in [2.05, 4.69) is 0 Å². The van der Waals surface area contributed by atoms with Gasteiger partial charge in [-0.25, -0.2) is 0 Å². The zero-order valence-electron chi connectivity index (χ0n) is 6.53. The zero-order chi connectivity index (χ0) is 8.69. The van der Waals surface area contributed by atoms with E-state index in [1.165, 1.54) is 0 Å². The maximum Gasteiger partial charge on any atom is 0.300 e. The molecule has 0 atom stereocenters. The van der Waals surface area contributed by atoms with E-state index in [4.69, 9.17) is 21.5 Å². The van der Waals surface area contributed by atoms with Crippen molar-refractivity contribution in [2.24, 2.45) is 0 Å². The number of hydrogen-bond acceptors (Lipinski definition) is 1. The Bertz CT molecular complexity index is 208. The van der Waals surface area contributed by atoms with Crippen molar-refractivity contribution in [2.75, 3.05) is 0 Å². The van der Waals surface area contributed by atoms with Gasteiger partial charge in [0.1, 0.15) is 0 Å². The summed E-state index contributed by atoms with van der Waals surface area (Å²) in [5.74, 6) is -0.833. The molecule has 0 aromatic heterocycles. The first-order valence-corrected chi connectivity index (χ1v) is 3.41. The minimum Gasteiger partial charge on any atom is -0.481 e. The Morgan fingerprint density at radius 1 is 1.33 bits per heavy atom. The van der Waals surface area contributed by atoms with E-state index in [1.807, 2.05) is 30.3 Å². The molecule has 1 aromatic rings. The molecule has 0 aliphatic heterocycles. The number of hydrogen-bond donors (Lipinski definition) is 1. The molecule has 0 bridgehead atoms. The average molecular weight is 209 g/mol. The van der Waals surface area contributed by atoms with Crippen LogP contribution in [0.25, 0.3) is 0 Å². The molecule has 0 saturated carbocycles. The van der Waals surface area contributed by atoms with Gasteiger partial charge in [0.25, 0.3) is 5.97 Å². The van der Waals surface area contributed by atoms with Crippen LogP contribution in [0.2, 0.25) is 5.02 Å². The SMILES string of the molecule is CC(=O)O.Cl.Clc1ccccc1. The highest BCUT2D eigenvalue weighted by molar-refractivity contribution is 6.30. The lowest BCUT2D eigenvalue weighted by atomic mass is 10.4. The van der Waals surface area contributed by atoms with Crippen LogP contribution >= 0.6 is 24.0 Å². The maximum atomic E-state index is 9.00. The molecule has 0 spiro atoms. The molecule has 0 unspecified atom stereocenters. The lowest BCUT2D eigenvalue weighted by Crippen LogP contribution is -1.78. The Labute approximate surface area is 82.6 Å². The summed E-state index contributed by atoms with van der Waals surface area (Å²) in [6.07, 6.45) is 0. The number of rotatable bonds is 0. The van der Waals surface area contributed by atoms with Gasteiger partial charge in [-0.15, -0.1) is 12.4 Å². The van der Waals surface area contributed by atoms with Crippen molar-refractivity contribution in [2.45, 2.75) is 6.92 Å². The Kier molecular flexibility index (Phi) is 9.65. The summed E-state index contributed by atoms with van der Waals surface area (Å²) in [4.78, 5) is 9.00. The van der Waals surface area contributed by atoms with Gasteiger partial charge in [-0.1, -0.05) is 29.8 Å². The fraction of sp³-hybridized carbons (Fsp3) is 0.125. The molecule has 0 amide bonds. The second-order valence-electron chi connectivity index (χ2n) is 1.81. The molecule has 0 saturated heterocycles. The normalized spacial score (nSPS) is 7.17. The second-order valence-corrected chi connectivity index (χ2v) is 2.25. The topological polar surface area (TPSA) is 37.3 Å². The third kappa shape index (κ3) is 12.0. The molecule has 4 heteroatoms. The number of benzene rings is 1. The summed E-state index contributed by atoms with van der Waals surface area (Å²) < 4.78 is 0. The molecule has 0 aliphatic rings. The molecule has 0 heterocycles. The summed E-state index contributed by atoms with van der Waals surface area (Å²) in [5, 5.41) is 8.21. The minimum absolute atomic E-state index is 0. The van der Waals surface area contributed by atoms with Crippen LogP contribution in [0.1, 0.15) is 6.92 Å². The first-order chi connectivity index (χ1) is 5.13. The van der Waals surface area contributed by atoms with E-state index in [1.54, 1.807) is 0 Å². The van der Waals surface area contributed by atoms with E-state index in [0.29, 0.717) is 0 Å². The van der Waals surface area contributed by atoms with Crippen LogP contribution in [0.3, 0.4) is 0 Å². The van der Waals surface area contributed by atoms with Crippen LogP contribution in [0.15, 0.2) is 30.3 Å². The molecule has 1 N–H and O–H groups in total. The predicted octanol–water partition coefficient (Wildman–Crippen LogP) is 2.85. The zero-order valence-corrected chi connectivity index (χ0v) is 8.10. The van der Waals surface area contributed by atoms with Crippen molar-refractivity contribution in [1.82, 2.24) is 0 Å². The molecule has 2 nitrogen and oxygen atoms in total. The highest BCUT2D eigenvalue weighted by Crippen LogP contribution is 2.03. The molecule has 0 aliphatic carbocycles. The lowest BCUT2D eigenvalue weighted by Gasteiger charge is -1.80. The van der Waals surface area contributed by atoms with Crippen LogP contribution in [-0.4, -0.2) is 11.1 Å². The number of carbonyl (C=O) groups is 1. The predicted molar refractivity (Wildman–Crippen MR) is 52.0 cm³/mol. The van der Waals surface area contributed by atoms with Crippen molar-refractivity contribution < 1.29 is 9.90 Å². The van der Waals surface area contributed by atoms with Crippen LogP contribution in [0.4, 0.5) is 0 Å². The summed E-state index contributed by atoms with van der Waals surface area (Å²) in [7, 11) is 0. The Morgan fingerprint density at radius 3 is 1.83 bits per heavy atom. The van der Waals surface area contributed by atoms with Gasteiger partial charge >= 0.3 is 0 Å². The van der Waals surface area contributed by atoms with Crippen LogP contribution < -0.4 is 0 Å². The van der Waals surface area contributed by atoms with Crippen molar-refractivity contribution in [1.29, 1.82) is 0 Å². The Balaban J connectivity index is 0. The molecular formula is C8H10Cl2O2. The smallest absolute Gasteiger partial charge is 0.300 e. The van der Waals surface area contributed by atoms with Gasteiger partial charge in [-0.3, -0.25) is 4.79 Å². The Hall–Kier alpha value is -0.730. The molecule has 0 fully saturated rings. The van der Waals surface area contributed by atoms with E-state index in [-0.39, 0.29) is 12.4 Å². The van der Waals surface area contributed by atoms with Gasteiger partial charge in [-0.05, 0) is 12.1 Å². The molecule has 1 aromatic carbocycles. The fourth-order valence-corrected chi connectivity index (χ4v) is 0.560. The van der Waals surface area contributed by atoms with Crippen LogP contribution in [-0.2, 0) is 4.79 Å². The van der Waals surface area contributed by atoms with Crippen LogP contribution in [0.5, 0.6) is 0 Å². The number of aliphatic carboxylic acids is 1. The molecule has 12 heavy (non-hydrogen) atoms. The van der Waals surface area contributed by atoms with Gasteiger partial charge in [0.05, 0.1) is 0 Å². The van der Waals surface area contributed by atoms with Crippen LogP contribution in [0, 0.1) is 0 Å². The van der Waals surface area contributed by atoms with Crippen molar-refractivity contribution in [3.8, 4) is 0 Å². The van der Waals surface area contributed by atoms with E-state index in [9.17, 15) is 0 Å². The summed E-state index contributed by atoms with van der Waals surface area (Å²) in [6, 6.07) is 9.44. The highest BCUT2D eigenvalue weighted by atomic mass is 35.5. The van der Waals surface area contributed by atoms with E-state index >= 15 is 0 Å². The largest absolute Gasteiger partial charge is 0.481 e. The monoisotopic (exact) mass is 208 g/mol. The first kappa shape index (κ1) is 13.8. The van der Waals surface area contributed by atoms with Gasteiger partial charge in [0.15, 0.2) is 0 Å². The van der Waals surface area contributed by atoms with Gasteiger partial charge in [0, 0.05) is 11.9 Å². The fourth-order valence-electron chi connectivity index (χ4n) is 0.415. The summed E-state index contributed by atoms with van der Waals surface area (Å²) >= 11 is 5.54. The molecule has 0 radical (unpaired) electrons. The summed E-state index contributed by atoms with van der Waals surface area (Å²) in [6.45, 7) is 1.08. The van der Waals surface area contributed by atoms with E-state index in [0.717, 1.165) is 11.9 Å². The second kappa shape index (κ2) is 8.37. The number of halogens is 2. The first-order valence-electron chi connectivity index (χ1n) is 3.03. The maximum absolute atomic E-state index is 9.00. The van der Waals surface area contributed by atoms with E-state index < -0.39 is 5.97 Å². The van der Waals surface area contributed by atoms with Gasteiger partial charge in [-0.2, -0.15) is 0 Å². The number of carboxylic acid groups (broad SMARTS) is 1. The third-order valence-corrected chi connectivity index (χ3v) is 0.985. The quantitative estimate of drug-likeness (QED) is 0.713. The summed E-state index contributed by atoms with van der Waals surface area (Å²) in [5.41, 5.74) is 0.